The van der Waals surface area contributed by atoms with Crippen LogP contribution < -0.4 is 0 Å². The summed E-state index contributed by atoms with van der Waals surface area (Å²) in [5.74, 6) is 0. The van der Waals surface area contributed by atoms with Gasteiger partial charge in [0.1, 0.15) is 0 Å². The van der Waals surface area contributed by atoms with Crippen molar-refractivity contribution in [1.29, 1.82) is 0 Å². The SMILES string of the molecule is O=[N+]([O-])c1cccc(Cn2cc(Cl)cn2)c1. The minimum Gasteiger partial charge on any atom is -0.267 e. The van der Waals surface area contributed by atoms with E-state index >= 15 is 0 Å². The molecule has 0 amide bonds. The zero-order chi connectivity index (χ0) is 11.5. The molecule has 2 aromatic rings. The number of hydrogen-bond donors (Lipinski definition) is 0. The van der Waals surface area contributed by atoms with Crippen molar-refractivity contribution in [2.75, 3.05) is 0 Å². The highest BCUT2D eigenvalue weighted by Crippen LogP contribution is 2.14. The normalized spacial score (nSPS) is 10.3. The number of benzene rings is 1. The predicted molar refractivity (Wildman–Crippen MR) is 59.4 cm³/mol. The monoisotopic (exact) mass is 237 g/mol. The van der Waals surface area contributed by atoms with Crippen molar-refractivity contribution in [3.05, 3.63) is 57.4 Å². The summed E-state index contributed by atoms with van der Waals surface area (Å²) in [6, 6.07) is 6.44. The maximum Gasteiger partial charge on any atom is 0.269 e. The molecule has 0 fully saturated rings. The lowest BCUT2D eigenvalue weighted by atomic mass is 10.2. The van der Waals surface area contributed by atoms with Gasteiger partial charge in [-0.2, -0.15) is 5.10 Å². The van der Waals surface area contributed by atoms with E-state index < -0.39 is 4.92 Å². The lowest BCUT2D eigenvalue weighted by Crippen LogP contribution is -2.00. The molecule has 0 atom stereocenters. The Morgan fingerprint density at radius 2 is 2.31 bits per heavy atom. The highest BCUT2D eigenvalue weighted by molar-refractivity contribution is 6.30. The van der Waals surface area contributed by atoms with Crippen LogP contribution in [0, 0.1) is 10.1 Å². The molecule has 1 aromatic heterocycles. The van der Waals surface area contributed by atoms with Crippen molar-refractivity contribution < 1.29 is 4.92 Å². The van der Waals surface area contributed by atoms with Gasteiger partial charge in [-0.1, -0.05) is 23.7 Å². The molecule has 0 unspecified atom stereocenters. The maximum atomic E-state index is 10.6. The number of aromatic nitrogens is 2. The molecule has 0 saturated heterocycles. The van der Waals surface area contributed by atoms with Crippen LogP contribution in [-0.2, 0) is 6.54 Å². The summed E-state index contributed by atoms with van der Waals surface area (Å²) in [6.07, 6.45) is 3.19. The third-order valence-electron chi connectivity index (χ3n) is 2.07. The van der Waals surface area contributed by atoms with Crippen LogP contribution in [0.1, 0.15) is 5.56 Å². The van der Waals surface area contributed by atoms with Gasteiger partial charge in [0, 0.05) is 18.3 Å². The summed E-state index contributed by atoms with van der Waals surface area (Å²) in [4.78, 5) is 10.2. The Kier molecular flexibility index (Phi) is 2.87. The van der Waals surface area contributed by atoms with Gasteiger partial charge in [0.25, 0.3) is 5.69 Å². The molecule has 0 aliphatic heterocycles. The first-order chi connectivity index (χ1) is 7.65. The molecule has 0 radical (unpaired) electrons. The molecule has 0 aliphatic carbocycles. The van der Waals surface area contributed by atoms with Crippen LogP contribution in [0.15, 0.2) is 36.7 Å². The van der Waals surface area contributed by atoms with Gasteiger partial charge in [-0.25, -0.2) is 0 Å². The van der Waals surface area contributed by atoms with E-state index in [1.807, 2.05) is 6.07 Å². The average molecular weight is 238 g/mol. The molecule has 2 rings (SSSR count). The fourth-order valence-corrected chi connectivity index (χ4v) is 1.54. The average Bonchev–Trinajstić information content (AvgIpc) is 2.64. The van der Waals surface area contributed by atoms with Crippen molar-refractivity contribution in [1.82, 2.24) is 9.78 Å². The molecule has 0 aliphatic rings. The molecule has 0 bridgehead atoms. The van der Waals surface area contributed by atoms with Gasteiger partial charge in [-0.05, 0) is 5.56 Å². The van der Waals surface area contributed by atoms with E-state index in [0.717, 1.165) is 5.56 Å². The van der Waals surface area contributed by atoms with Gasteiger partial charge in [0.2, 0.25) is 0 Å². The zero-order valence-electron chi connectivity index (χ0n) is 8.21. The van der Waals surface area contributed by atoms with Gasteiger partial charge in [0.15, 0.2) is 0 Å². The summed E-state index contributed by atoms with van der Waals surface area (Å²) in [6.45, 7) is 0.467. The molecular formula is C10H8ClN3O2. The van der Waals surface area contributed by atoms with Gasteiger partial charge >= 0.3 is 0 Å². The van der Waals surface area contributed by atoms with Gasteiger partial charge in [-0.15, -0.1) is 0 Å². The van der Waals surface area contributed by atoms with E-state index in [2.05, 4.69) is 5.10 Å². The van der Waals surface area contributed by atoms with Crippen molar-refractivity contribution in [2.45, 2.75) is 6.54 Å². The third kappa shape index (κ3) is 2.38. The smallest absolute Gasteiger partial charge is 0.267 e. The van der Waals surface area contributed by atoms with E-state index in [1.165, 1.54) is 18.3 Å². The van der Waals surface area contributed by atoms with Crippen LogP contribution in [0.4, 0.5) is 5.69 Å². The Morgan fingerprint density at radius 1 is 1.50 bits per heavy atom. The predicted octanol–water partition coefficient (Wildman–Crippen LogP) is 2.49. The standard InChI is InChI=1S/C10H8ClN3O2/c11-9-5-12-13(7-9)6-8-2-1-3-10(4-8)14(15)16/h1-5,7H,6H2. The number of nitrogens with zero attached hydrogens (tertiary/aromatic N) is 3. The molecular weight excluding hydrogens is 230 g/mol. The van der Waals surface area contributed by atoms with Gasteiger partial charge < -0.3 is 0 Å². The minimum atomic E-state index is -0.417. The zero-order valence-corrected chi connectivity index (χ0v) is 8.96. The number of rotatable bonds is 3. The van der Waals surface area contributed by atoms with Crippen LogP contribution in [-0.4, -0.2) is 14.7 Å². The first-order valence-electron chi connectivity index (χ1n) is 4.56. The van der Waals surface area contributed by atoms with E-state index in [1.54, 1.807) is 16.9 Å². The number of nitro groups is 1. The first kappa shape index (κ1) is 10.6. The summed E-state index contributed by atoms with van der Waals surface area (Å²) in [5.41, 5.74) is 0.893. The Morgan fingerprint density at radius 3 is 2.94 bits per heavy atom. The number of non-ortho nitro benzene ring substituents is 1. The number of nitro benzene ring substituents is 1. The highest BCUT2D eigenvalue weighted by atomic mass is 35.5. The second-order valence-electron chi connectivity index (χ2n) is 3.28. The lowest BCUT2D eigenvalue weighted by Gasteiger charge is -2.01. The quantitative estimate of drug-likeness (QED) is 0.609. The minimum absolute atomic E-state index is 0.0794. The van der Waals surface area contributed by atoms with Crippen LogP contribution in [0.3, 0.4) is 0 Å². The molecule has 16 heavy (non-hydrogen) atoms. The van der Waals surface area contributed by atoms with Crippen LogP contribution in [0.5, 0.6) is 0 Å². The number of halogens is 1. The Labute approximate surface area is 96.4 Å². The summed E-state index contributed by atoms with van der Waals surface area (Å²) >= 11 is 5.72. The molecule has 1 heterocycles. The summed E-state index contributed by atoms with van der Waals surface area (Å²) in [7, 11) is 0. The highest BCUT2D eigenvalue weighted by Gasteiger charge is 2.06. The van der Waals surface area contributed by atoms with E-state index in [0.29, 0.717) is 11.6 Å². The van der Waals surface area contributed by atoms with Gasteiger partial charge in [0.05, 0.1) is 22.7 Å². The first-order valence-corrected chi connectivity index (χ1v) is 4.94. The largest absolute Gasteiger partial charge is 0.269 e. The summed E-state index contributed by atoms with van der Waals surface area (Å²) < 4.78 is 1.63. The molecule has 5 nitrogen and oxygen atoms in total. The van der Waals surface area contributed by atoms with Crippen molar-refractivity contribution >= 4 is 17.3 Å². The molecule has 0 N–H and O–H groups in total. The Hall–Kier alpha value is -1.88. The fourth-order valence-electron chi connectivity index (χ4n) is 1.38. The molecule has 82 valence electrons. The third-order valence-corrected chi connectivity index (χ3v) is 2.26. The molecule has 6 heteroatoms. The van der Waals surface area contributed by atoms with E-state index in [-0.39, 0.29) is 5.69 Å². The molecule has 1 aromatic carbocycles. The van der Waals surface area contributed by atoms with Gasteiger partial charge in [-0.3, -0.25) is 14.8 Å². The lowest BCUT2D eigenvalue weighted by molar-refractivity contribution is -0.384. The fraction of sp³-hybridized carbons (Fsp3) is 0.100. The van der Waals surface area contributed by atoms with E-state index in [9.17, 15) is 10.1 Å². The Bertz CT molecular complexity index is 524. The second-order valence-corrected chi connectivity index (χ2v) is 3.72. The van der Waals surface area contributed by atoms with Crippen molar-refractivity contribution in [2.24, 2.45) is 0 Å². The molecule has 0 spiro atoms. The second kappa shape index (κ2) is 4.32. The topological polar surface area (TPSA) is 61.0 Å². The van der Waals surface area contributed by atoms with E-state index in [4.69, 9.17) is 11.6 Å². The Balaban J connectivity index is 2.21. The molecule has 0 saturated carbocycles. The maximum absolute atomic E-state index is 10.6. The van der Waals surface area contributed by atoms with Crippen molar-refractivity contribution in [3.8, 4) is 0 Å². The van der Waals surface area contributed by atoms with Crippen molar-refractivity contribution in [3.63, 3.8) is 0 Å². The van der Waals surface area contributed by atoms with Crippen LogP contribution in [0.2, 0.25) is 5.02 Å². The van der Waals surface area contributed by atoms with Crippen LogP contribution in [0.25, 0.3) is 0 Å². The van der Waals surface area contributed by atoms with Crippen LogP contribution >= 0.6 is 11.6 Å². The summed E-state index contributed by atoms with van der Waals surface area (Å²) in [5, 5.41) is 15.1. The number of hydrogen-bond acceptors (Lipinski definition) is 3.